The first kappa shape index (κ1) is 7.10. The summed E-state index contributed by atoms with van der Waals surface area (Å²) in [6, 6.07) is 0. The van der Waals surface area contributed by atoms with E-state index in [1.165, 1.54) is 0 Å². The molecule has 0 aromatic rings. The Morgan fingerprint density at radius 1 is 1.55 bits per heavy atom. The number of carbonyl (C=O) groups excluding carboxylic acids is 1. The van der Waals surface area contributed by atoms with E-state index in [-0.39, 0.29) is 11.4 Å². The fraction of sp³-hybridized carbons (Fsp3) is 0.875. The van der Waals surface area contributed by atoms with E-state index >= 15 is 0 Å². The van der Waals surface area contributed by atoms with Crippen LogP contribution in [0.4, 0.5) is 0 Å². The molecule has 0 saturated carbocycles. The van der Waals surface area contributed by atoms with Crippen LogP contribution < -0.4 is 0 Å². The van der Waals surface area contributed by atoms with Crippen molar-refractivity contribution in [1.29, 1.82) is 0 Å². The summed E-state index contributed by atoms with van der Waals surface area (Å²) in [7, 11) is 1.89. The van der Waals surface area contributed by atoms with Gasteiger partial charge in [-0.2, -0.15) is 0 Å². The highest BCUT2D eigenvalue weighted by molar-refractivity contribution is 5.77. The van der Waals surface area contributed by atoms with Crippen molar-refractivity contribution in [3.8, 4) is 0 Å². The van der Waals surface area contributed by atoms with E-state index in [1.807, 2.05) is 11.9 Å². The van der Waals surface area contributed by atoms with Crippen LogP contribution in [0.15, 0.2) is 0 Å². The predicted molar refractivity (Wildman–Crippen MR) is 40.2 cm³/mol. The van der Waals surface area contributed by atoms with E-state index in [1.54, 1.807) is 0 Å². The first-order valence-electron chi connectivity index (χ1n) is 4.09. The van der Waals surface area contributed by atoms with Crippen LogP contribution in [-0.4, -0.2) is 36.6 Å². The number of ether oxygens (including phenoxy) is 1. The topological polar surface area (TPSA) is 29.5 Å². The van der Waals surface area contributed by atoms with Gasteiger partial charge in [0.15, 0.2) is 0 Å². The Labute approximate surface area is 66.3 Å². The van der Waals surface area contributed by atoms with Crippen LogP contribution in [0.3, 0.4) is 0 Å². The van der Waals surface area contributed by atoms with Gasteiger partial charge in [-0.3, -0.25) is 4.79 Å². The van der Waals surface area contributed by atoms with Gasteiger partial charge in [-0.15, -0.1) is 0 Å². The molecule has 2 aliphatic rings. The minimum absolute atomic E-state index is 0.0926. The minimum atomic E-state index is 0.0926. The van der Waals surface area contributed by atoms with E-state index < -0.39 is 0 Å². The van der Waals surface area contributed by atoms with Gasteiger partial charge in [0.2, 0.25) is 5.91 Å². The van der Waals surface area contributed by atoms with E-state index in [4.69, 9.17) is 4.74 Å². The molecule has 0 N–H and O–H groups in total. The smallest absolute Gasteiger partial charge is 0.222 e. The second kappa shape index (κ2) is 2.21. The molecule has 2 rings (SSSR count). The van der Waals surface area contributed by atoms with Crippen molar-refractivity contribution in [3.05, 3.63) is 0 Å². The molecule has 0 aliphatic carbocycles. The van der Waals surface area contributed by atoms with Gasteiger partial charge in [0.25, 0.3) is 0 Å². The molecule has 0 radical (unpaired) electrons. The van der Waals surface area contributed by atoms with Crippen LogP contribution in [0.5, 0.6) is 0 Å². The summed E-state index contributed by atoms with van der Waals surface area (Å²) in [6.07, 6.45) is 2.88. The zero-order chi connectivity index (χ0) is 7.90. The van der Waals surface area contributed by atoms with Gasteiger partial charge in [0.1, 0.15) is 0 Å². The Bertz CT molecular complexity index is 187. The van der Waals surface area contributed by atoms with E-state index in [2.05, 4.69) is 0 Å². The number of carbonyl (C=O) groups is 1. The maximum atomic E-state index is 11.3. The fourth-order valence-corrected chi connectivity index (χ4v) is 1.84. The molecule has 2 aliphatic heterocycles. The van der Waals surface area contributed by atoms with Crippen molar-refractivity contribution >= 4 is 5.91 Å². The molecule has 2 fully saturated rings. The lowest BCUT2D eigenvalue weighted by Gasteiger charge is -2.50. The Hall–Kier alpha value is -0.570. The van der Waals surface area contributed by atoms with Gasteiger partial charge in [0.05, 0.1) is 18.8 Å². The Morgan fingerprint density at radius 2 is 2.27 bits per heavy atom. The number of likely N-dealkylation sites (tertiary alicyclic amines) is 1. The lowest BCUT2D eigenvalue weighted by molar-refractivity contribution is -0.172. The molecule has 1 spiro atoms. The zero-order valence-corrected chi connectivity index (χ0v) is 6.80. The van der Waals surface area contributed by atoms with Crippen LogP contribution in [0.1, 0.15) is 19.3 Å². The van der Waals surface area contributed by atoms with Gasteiger partial charge in [-0.05, 0) is 12.8 Å². The van der Waals surface area contributed by atoms with Crippen molar-refractivity contribution in [3.63, 3.8) is 0 Å². The number of amides is 1. The molecule has 2 saturated heterocycles. The largest absolute Gasteiger partial charge is 0.376 e. The second-order valence-corrected chi connectivity index (χ2v) is 3.52. The molecule has 62 valence electrons. The Kier molecular flexibility index (Phi) is 1.42. The number of piperidine rings is 1. The third-order valence-electron chi connectivity index (χ3n) is 2.86. The highest BCUT2D eigenvalue weighted by Crippen LogP contribution is 2.33. The third kappa shape index (κ3) is 0.872. The van der Waals surface area contributed by atoms with Crippen LogP contribution in [0, 0.1) is 0 Å². The predicted octanol–water partition coefficient (Wildman–Crippen LogP) is 0.398. The molecule has 0 atom stereocenters. The number of nitrogens with zero attached hydrogens (tertiary/aromatic N) is 1. The summed E-state index contributed by atoms with van der Waals surface area (Å²) in [6.45, 7) is 1.49. The molecule has 11 heavy (non-hydrogen) atoms. The number of rotatable bonds is 0. The Morgan fingerprint density at radius 3 is 2.73 bits per heavy atom. The highest BCUT2D eigenvalue weighted by atomic mass is 16.5. The third-order valence-corrected chi connectivity index (χ3v) is 2.86. The molecule has 0 bridgehead atoms. The lowest BCUT2D eigenvalue weighted by Crippen LogP contribution is -2.64. The molecule has 0 unspecified atom stereocenters. The van der Waals surface area contributed by atoms with Crippen molar-refractivity contribution in [2.24, 2.45) is 0 Å². The molecule has 0 aromatic heterocycles. The zero-order valence-electron chi connectivity index (χ0n) is 6.80. The maximum Gasteiger partial charge on any atom is 0.222 e. The highest BCUT2D eigenvalue weighted by Gasteiger charge is 2.46. The summed E-state index contributed by atoms with van der Waals surface area (Å²) in [5.41, 5.74) is 0.0926. The van der Waals surface area contributed by atoms with Crippen LogP contribution in [0.2, 0.25) is 0 Å². The molecule has 3 nitrogen and oxygen atoms in total. The monoisotopic (exact) mass is 155 g/mol. The number of hydrogen-bond donors (Lipinski definition) is 0. The normalized spacial score (nSPS) is 28.8. The summed E-state index contributed by atoms with van der Waals surface area (Å²) in [5, 5.41) is 0. The average Bonchev–Trinajstić information content (AvgIpc) is 1.91. The SMILES string of the molecule is CN1C(=O)CCCC12COC2. The van der Waals surface area contributed by atoms with Crippen molar-refractivity contribution in [1.82, 2.24) is 4.90 Å². The molecule has 2 heterocycles. The molecular formula is C8H13NO2. The maximum absolute atomic E-state index is 11.3. The standard InChI is InChI=1S/C8H13NO2/c1-9-7(10)3-2-4-8(9)5-11-6-8/h2-6H2,1H3. The van der Waals surface area contributed by atoms with Crippen molar-refractivity contribution in [2.45, 2.75) is 24.8 Å². The van der Waals surface area contributed by atoms with Crippen LogP contribution >= 0.6 is 0 Å². The van der Waals surface area contributed by atoms with Crippen LogP contribution in [0.25, 0.3) is 0 Å². The van der Waals surface area contributed by atoms with Gasteiger partial charge in [0, 0.05) is 13.5 Å². The first-order valence-corrected chi connectivity index (χ1v) is 4.09. The van der Waals surface area contributed by atoms with Crippen molar-refractivity contribution < 1.29 is 9.53 Å². The summed E-state index contributed by atoms with van der Waals surface area (Å²) in [5.74, 6) is 0.277. The molecule has 3 heteroatoms. The van der Waals surface area contributed by atoms with Gasteiger partial charge in [-0.25, -0.2) is 0 Å². The number of hydrogen-bond acceptors (Lipinski definition) is 2. The quantitative estimate of drug-likeness (QED) is 0.506. The minimum Gasteiger partial charge on any atom is -0.376 e. The Balaban J connectivity index is 2.13. The van der Waals surface area contributed by atoms with E-state index in [0.29, 0.717) is 0 Å². The van der Waals surface area contributed by atoms with Crippen molar-refractivity contribution in [2.75, 3.05) is 20.3 Å². The van der Waals surface area contributed by atoms with E-state index in [9.17, 15) is 4.79 Å². The lowest BCUT2D eigenvalue weighted by atomic mass is 9.85. The van der Waals surface area contributed by atoms with Gasteiger partial charge >= 0.3 is 0 Å². The average molecular weight is 155 g/mol. The van der Waals surface area contributed by atoms with E-state index in [0.717, 1.165) is 32.5 Å². The summed E-state index contributed by atoms with van der Waals surface area (Å²) in [4.78, 5) is 13.1. The fourth-order valence-electron chi connectivity index (χ4n) is 1.84. The first-order chi connectivity index (χ1) is 5.25. The molecular weight excluding hydrogens is 142 g/mol. The number of likely N-dealkylation sites (N-methyl/N-ethyl adjacent to an activating group) is 1. The summed E-state index contributed by atoms with van der Waals surface area (Å²) < 4.78 is 5.14. The molecule has 0 aromatic carbocycles. The van der Waals surface area contributed by atoms with Gasteiger partial charge in [-0.1, -0.05) is 0 Å². The summed E-state index contributed by atoms with van der Waals surface area (Å²) >= 11 is 0. The second-order valence-electron chi connectivity index (χ2n) is 3.52. The van der Waals surface area contributed by atoms with Crippen LogP contribution in [-0.2, 0) is 9.53 Å². The van der Waals surface area contributed by atoms with Gasteiger partial charge < -0.3 is 9.64 Å². The molecule has 1 amide bonds.